The lowest BCUT2D eigenvalue weighted by atomic mass is 10.2. The normalized spacial score (nSPS) is 17.1. The monoisotopic (exact) mass is 271 g/mol. The molecular formula is C13H18ClNOS. The van der Waals surface area contributed by atoms with Gasteiger partial charge in [0.1, 0.15) is 0 Å². The molecule has 1 atom stereocenters. The summed E-state index contributed by atoms with van der Waals surface area (Å²) in [6.07, 6.45) is 2.29. The van der Waals surface area contributed by atoms with Gasteiger partial charge in [0.15, 0.2) is 0 Å². The molecule has 1 saturated carbocycles. The maximum Gasteiger partial charge on any atom is 0.0755 e. The molecule has 1 fully saturated rings. The summed E-state index contributed by atoms with van der Waals surface area (Å²) >= 11 is 7.58. The number of aliphatic hydroxyl groups is 1. The van der Waals surface area contributed by atoms with E-state index in [0.29, 0.717) is 6.04 Å². The molecule has 0 saturated heterocycles. The van der Waals surface area contributed by atoms with Gasteiger partial charge in [-0.15, -0.1) is 0 Å². The average molecular weight is 272 g/mol. The van der Waals surface area contributed by atoms with Crippen molar-refractivity contribution in [2.24, 2.45) is 0 Å². The molecule has 1 aromatic rings. The van der Waals surface area contributed by atoms with Gasteiger partial charge in [-0.25, -0.2) is 0 Å². The minimum atomic E-state index is -0.243. The van der Waals surface area contributed by atoms with Gasteiger partial charge in [-0.1, -0.05) is 23.7 Å². The van der Waals surface area contributed by atoms with Crippen LogP contribution >= 0.6 is 23.4 Å². The van der Waals surface area contributed by atoms with Crippen molar-refractivity contribution in [1.82, 2.24) is 5.32 Å². The Hall–Kier alpha value is -0.220. The van der Waals surface area contributed by atoms with E-state index in [1.54, 1.807) is 11.8 Å². The van der Waals surface area contributed by atoms with Gasteiger partial charge in [0.2, 0.25) is 0 Å². The van der Waals surface area contributed by atoms with Crippen LogP contribution in [0.2, 0.25) is 5.02 Å². The van der Waals surface area contributed by atoms with Crippen LogP contribution in [0.5, 0.6) is 0 Å². The van der Waals surface area contributed by atoms with E-state index in [2.05, 4.69) is 5.32 Å². The molecule has 17 heavy (non-hydrogen) atoms. The van der Waals surface area contributed by atoms with E-state index >= 15 is 0 Å². The van der Waals surface area contributed by atoms with Gasteiger partial charge < -0.3 is 10.4 Å². The molecule has 94 valence electrons. The topological polar surface area (TPSA) is 32.3 Å². The number of halogens is 1. The number of benzene rings is 1. The molecule has 1 unspecified atom stereocenters. The Balaban J connectivity index is 1.59. The molecule has 0 amide bonds. The lowest BCUT2D eigenvalue weighted by molar-refractivity contribution is 0.195. The Morgan fingerprint density at radius 3 is 2.71 bits per heavy atom. The minimum absolute atomic E-state index is 0.243. The molecule has 0 spiro atoms. The van der Waals surface area contributed by atoms with E-state index < -0.39 is 0 Å². The van der Waals surface area contributed by atoms with Crippen molar-refractivity contribution in [2.75, 3.05) is 12.3 Å². The van der Waals surface area contributed by atoms with Gasteiger partial charge in [-0.2, -0.15) is 11.8 Å². The molecule has 0 aromatic heterocycles. The molecule has 0 bridgehead atoms. The highest BCUT2D eigenvalue weighted by Crippen LogP contribution is 2.19. The summed E-state index contributed by atoms with van der Waals surface area (Å²) in [4.78, 5) is 0. The molecule has 0 radical (unpaired) electrons. The molecule has 2 nitrogen and oxygen atoms in total. The van der Waals surface area contributed by atoms with Gasteiger partial charge in [0.25, 0.3) is 0 Å². The van der Waals surface area contributed by atoms with Crippen molar-refractivity contribution in [1.29, 1.82) is 0 Å². The second-order valence-corrected chi connectivity index (χ2v) is 5.94. The second-order valence-electron chi connectivity index (χ2n) is 4.48. The third kappa shape index (κ3) is 5.30. The van der Waals surface area contributed by atoms with Gasteiger partial charge in [-0.3, -0.25) is 0 Å². The van der Waals surface area contributed by atoms with E-state index in [1.165, 1.54) is 18.4 Å². The Labute approximate surface area is 112 Å². The number of thioether (sulfide) groups is 1. The van der Waals surface area contributed by atoms with Crippen LogP contribution in [0.25, 0.3) is 0 Å². The van der Waals surface area contributed by atoms with Gasteiger partial charge in [0, 0.05) is 29.1 Å². The molecule has 1 aromatic carbocycles. The van der Waals surface area contributed by atoms with Crippen LogP contribution in [0, 0.1) is 0 Å². The largest absolute Gasteiger partial charge is 0.391 e. The van der Waals surface area contributed by atoms with Gasteiger partial charge in [-0.05, 0) is 30.5 Å². The van der Waals surface area contributed by atoms with Crippen LogP contribution < -0.4 is 5.32 Å². The molecule has 1 aliphatic rings. The zero-order chi connectivity index (χ0) is 12.1. The fraction of sp³-hybridized carbons (Fsp3) is 0.538. The molecule has 0 aliphatic heterocycles. The lowest BCUT2D eigenvalue weighted by Crippen LogP contribution is -2.29. The van der Waals surface area contributed by atoms with Crippen molar-refractivity contribution in [2.45, 2.75) is 30.7 Å². The van der Waals surface area contributed by atoms with Crippen LogP contribution in [-0.2, 0) is 5.75 Å². The zero-order valence-electron chi connectivity index (χ0n) is 9.73. The standard InChI is InChI=1S/C13H18ClNOS/c14-11-3-1-10(2-4-11)8-17-9-13(16)7-15-12-5-6-12/h1-4,12-13,15-16H,5-9H2. The minimum Gasteiger partial charge on any atom is -0.391 e. The van der Waals surface area contributed by atoms with Crippen LogP contribution in [0.15, 0.2) is 24.3 Å². The molecule has 2 N–H and O–H groups in total. The van der Waals surface area contributed by atoms with Crippen LogP contribution in [0.4, 0.5) is 0 Å². The van der Waals surface area contributed by atoms with Gasteiger partial charge in [0.05, 0.1) is 6.10 Å². The van der Waals surface area contributed by atoms with E-state index in [0.717, 1.165) is 23.1 Å². The van der Waals surface area contributed by atoms with E-state index in [-0.39, 0.29) is 6.10 Å². The van der Waals surface area contributed by atoms with E-state index in [4.69, 9.17) is 11.6 Å². The lowest BCUT2D eigenvalue weighted by Gasteiger charge is -2.11. The Morgan fingerprint density at radius 1 is 1.35 bits per heavy atom. The predicted octanol–water partition coefficient (Wildman–Crippen LogP) is 2.69. The van der Waals surface area contributed by atoms with E-state index in [9.17, 15) is 5.11 Å². The SMILES string of the molecule is OC(CNC1CC1)CSCc1ccc(Cl)cc1. The van der Waals surface area contributed by atoms with Crippen LogP contribution in [0.3, 0.4) is 0 Å². The van der Waals surface area contributed by atoms with E-state index in [1.807, 2.05) is 24.3 Å². The first-order valence-corrected chi connectivity index (χ1v) is 7.51. The highest BCUT2D eigenvalue weighted by Gasteiger charge is 2.21. The summed E-state index contributed by atoms with van der Waals surface area (Å²) in [5, 5.41) is 13.8. The summed E-state index contributed by atoms with van der Waals surface area (Å²) in [5.41, 5.74) is 1.25. The van der Waals surface area contributed by atoms with Crippen molar-refractivity contribution in [3.8, 4) is 0 Å². The van der Waals surface area contributed by atoms with Gasteiger partial charge >= 0.3 is 0 Å². The Kier molecular flexibility index (Phi) is 5.16. The average Bonchev–Trinajstić information content (AvgIpc) is 3.13. The molecule has 0 heterocycles. The van der Waals surface area contributed by atoms with Crippen molar-refractivity contribution < 1.29 is 5.11 Å². The summed E-state index contributed by atoms with van der Waals surface area (Å²) in [7, 11) is 0. The molecular weight excluding hydrogens is 254 g/mol. The quantitative estimate of drug-likeness (QED) is 0.800. The maximum absolute atomic E-state index is 9.74. The Bertz CT molecular complexity index is 340. The van der Waals surface area contributed by atoms with Crippen LogP contribution in [0.1, 0.15) is 18.4 Å². The summed E-state index contributed by atoms with van der Waals surface area (Å²) < 4.78 is 0. The number of rotatable bonds is 7. The molecule has 4 heteroatoms. The highest BCUT2D eigenvalue weighted by atomic mass is 35.5. The highest BCUT2D eigenvalue weighted by molar-refractivity contribution is 7.98. The first-order valence-electron chi connectivity index (χ1n) is 5.97. The number of hydrogen-bond donors (Lipinski definition) is 2. The van der Waals surface area contributed by atoms with Crippen molar-refractivity contribution in [3.05, 3.63) is 34.9 Å². The number of hydrogen-bond acceptors (Lipinski definition) is 3. The summed E-state index contributed by atoms with van der Waals surface area (Å²) in [5.74, 6) is 1.71. The number of nitrogens with one attached hydrogen (secondary N) is 1. The van der Waals surface area contributed by atoms with Crippen LogP contribution in [-0.4, -0.2) is 29.5 Å². The summed E-state index contributed by atoms with van der Waals surface area (Å²) in [6, 6.07) is 8.55. The van der Waals surface area contributed by atoms with Crippen molar-refractivity contribution >= 4 is 23.4 Å². The number of aliphatic hydroxyl groups excluding tert-OH is 1. The smallest absolute Gasteiger partial charge is 0.0755 e. The second kappa shape index (κ2) is 6.64. The molecule has 1 aliphatic carbocycles. The third-order valence-electron chi connectivity index (χ3n) is 2.71. The fourth-order valence-electron chi connectivity index (χ4n) is 1.54. The first-order chi connectivity index (χ1) is 8.24. The Morgan fingerprint density at radius 2 is 2.06 bits per heavy atom. The van der Waals surface area contributed by atoms with Crippen molar-refractivity contribution in [3.63, 3.8) is 0 Å². The summed E-state index contributed by atoms with van der Waals surface area (Å²) in [6.45, 7) is 0.721. The fourth-order valence-corrected chi connectivity index (χ4v) is 2.60. The maximum atomic E-state index is 9.74. The first kappa shape index (κ1) is 13.2. The predicted molar refractivity (Wildman–Crippen MR) is 74.6 cm³/mol. The molecule has 2 rings (SSSR count). The zero-order valence-corrected chi connectivity index (χ0v) is 11.3. The third-order valence-corrected chi connectivity index (χ3v) is 4.12.